The van der Waals surface area contributed by atoms with Crippen molar-refractivity contribution in [1.29, 1.82) is 0 Å². The quantitative estimate of drug-likeness (QED) is 0.243. The van der Waals surface area contributed by atoms with Crippen molar-refractivity contribution >= 4 is 41.3 Å². The number of benzene rings is 1. The molecule has 3 aromatic rings. The molecule has 0 spiro atoms. The minimum atomic E-state index is -4.40. The summed E-state index contributed by atoms with van der Waals surface area (Å²) in [7, 11) is 0. The number of thiazole rings is 1. The van der Waals surface area contributed by atoms with Crippen molar-refractivity contribution in [1.82, 2.24) is 25.4 Å². The number of alkyl halides is 3. The molecule has 2 N–H and O–H groups in total. The summed E-state index contributed by atoms with van der Waals surface area (Å²) < 4.78 is 39.8. The van der Waals surface area contributed by atoms with Gasteiger partial charge >= 0.3 is 6.18 Å². The summed E-state index contributed by atoms with van der Waals surface area (Å²) in [6.07, 6.45) is -0.355. The fraction of sp³-hybridized carbons (Fsp3) is 0.350. The van der Waals surface area contributed by atoms with Crippen molar-refractivity contribution < 1.29 is 13.2 Å². The Morgan fingerprint density at radius 1 is 1.16 bits per heavy atom. The van der Waals surface area contributed by atoms with Crippen molar-refractivity contribution in [2.45, 2.75) is 32.6 Å². The maximum atomic E-state index is 12.7. The topological polar surface area (TPSA) is 67.1 Å². The molecule has 2 aromatic heterocycles. The fourth-order valence-electron chi connectivity index (χ4n) is 2.78. The van der Waals surface area contributed by atoms with Crippen LogP contribution in [0.3, 0.4) is 0 Å². The van der Waals surface area contributed by atoms with Gasteiger partial charge in [-0.15, -0.1) is 35.3 Å². The molecule has 11 heteroatoms. The van der Waals surface area contributed by atoms with E-state index in [1.807, 2.05) is 48.1 Å². The number of hydrogen-bond donors (Lipinski definition) is 2. The standard InChI is InChI=1S/C20H23F3N6S.HI/c1-2-24-19(25-10-8-18-28-17(14-30-18)20(21,22)23)26-12-15-6-3-4-7-16(15)13-29-11-5-9-27-29;/h3-7,9,11,14H,2,8,10,12-13H2,1H3,(H2,24,25,26);1H. The lowest BCUT2D eigenvalue weighted by molar-refractivity contribution is -0.140. The van der Waals surface area contributed by atoms with Gasteiger partial charge in [0.2, 0.25) is 0 Å². The average Bonchev–Trinajstić information content (AvgIpc) is 3.39. The summed E-state index contributed by atoms with van der Waals surface area (Å²) in [6, 6.07) is 9.92. The molecule has 0 aliphatic heterocycles. The summed E-state index contributed by atoms with van der Waals surface area (Å²) in [6.45, 7) is 4.21. The molecule has 0 atom stereocenters. The highest BCUT2D eigenvalue weighted by molar-refractivity contribution is 14.0. The summed E-state index contributed by atoms with van der Waals surface area (Å²) in [5.74, 6) is 0.610. The highest BCUT2D eigenvalue weighted by atomic mass is 127. The van der Waals surface area contributed by atoms with Gasteiger partial charge in [-0.2, -0.15) is 18.3 Å². The van der Waals surface area contributed by atoms with E-state index < -0.39 is 11.9 Å². The lowest BCUT2D eigenvalue weighted by Crippen LogP contribution is -2.38. The molecule has 0 fully saturated rings. The maximum absolute atomic E-state index is 12.7. The van der Waals surface area contributed by atoms with Crippen LogP contribution in [0.5, 0.6) is 0 Å². The van der Waals surface area contributed by atoms with E-state index in [-0.39, 0.29) is 24.0 Å². The van der Waals surface area contributed by atoms with Crippen LogP contribution in [0.15, 0.2) is 53.1 Å². The van der Waals surface area contributed by atoms with E-state index in [1.165, 1.54) is 0 Å². The Hall–Kier alpha value is -2.15. The van der Waals surface area contributed by atoms with Crippen LogP contribution in [0.4, 0.5) is 13.2 Å². The van der Waals surface area contributed by atoms with E-state index in [0.717, 1.165) is 27.8 Å². The van der Waals surface area contributed by atoms with Gasteiger partial charge in [0.1, 0.15) is 0 Å². The van der Waals surface area contributed by atoms with Crippen LogP contribution >= 0.6 is 35.3 Å². The largest absolute Gasteiger partial charge is 0.434 e. The zero-order valence-corrected chi connectivity index (χ0v) is 20.0. The first-order chi connectivity index (χ1) is 14.5. The molecule has 0 saturated heterocycles. The lowest BCUT2D eigenvalue weighted by Gasteiger charge is -2.12. The molecule has 0 amide bonds. The Morgan fingerprint density at radius 2 is 1.94 bits per heavy atom. The van der Waals surface area contributed by atoms with E-state index in [1.54, 1.807) is 6.20 Å². The van der Waals surface area contributed by atoms with Crippen LogP contribution in [-0.2, 0) is 25.7 Å². The molecule has 3 rings (SSSR count). The first kappa shape index (κ1) is 25.1. The second-order valence-electron chi connectivity index (χ2n) is 6.47. The normalized spacial score (nSPS) is 11.8. The number of nitrogens with one attached hydrogen (secondary N) is 2. The van der Waals surface area contributed by atoms with Gasteiger partial charge in [0.15, 0.2) is 11.7 Å². The molecule has 0 radical (unpaired) electrons. The molecule has 2 heterocycles. The summed E-state index contributed by atoms with van der Waals surface area (Å²) in [5, 5.41) is 12.0. The third kappa shape index (κ3) is 7.80. The van der Waals surface area contributed by atoms with Crippen molar-refractivity contribution in [2.24, 2.45) is 4.99 Å². The molecule has 0 unspecified atom stereocenters. The zero-order valence-electron chi connectivity index (χ0n) is 16.9. The van der Waals surface area contributed by atoms with Crippen molar-refractivity contribution in [3.8, 4) is 0 Å². The second-order valence-corrected chi connectivity index (χ2v) is 7.41. The summed E-state index contributed by atoms with van der Waals surface area (Å²) in [4.78, 5) is 8.27. The Bertz CT molecular complexity index is 956. The van der Waals surface area contributed by atoms with Crippen LogP contribution in [-0.4, -0.2) is 33.8 Å². The highest BCUT2D eigenvalue weighted by Crippen LogP contribution is 2.30. The summed E-state index contributed by atoms with van der Waals surface area (Å²) in [5.41, 5.74) is 1.38. The monoisotopic (exact) mass is 564 g/mol. The van der Waals surface area contributed by atoms with Gasteiger partial charge in [-0.1, -0.05) is 24.3 Å². The van der Waals surface area contributed by atoms with E-state index in [2.05, 4.69) is 25.7 Å². The third-order valence-electron chi connectivity index (χ3n) is 4.24. The molecule has 0 saturated carbocycles. The number of hydrogen-bond acceptors (Lipinski definition) is 4. The van der Waals surface area contributed by atoms with E-state index in [9.17, 15) is 13.2 Å². The Morgan fingerprint density at radius 3 is 2.58 bits per heavy atom. The second kappa shape index (κ2) is 12.0. The van der Waals surface area contributed by atoms with E-state index >= 15 is 0 Å². The summed E-state index contributed by atoms with van der Waals surface area (Å²) >= 11 is 1.02. The molecule has 0 aliphatic rings. The van der Waals surface area contributed by atoms with Gasteiger partial charge in [-0.3, -0.25) is 4.68 Å². The molecule has 0 bridgehead atoms. The molecular weight excluding hydrogens is 540 g/mol. The zero-order chi connectivity index (χ0) is 21.4. The van der Waals surface area contributed by atoms with Gasteiger partial charge < -0.3 is 10.6 Å². The van der Waals surface area contributed by atoms with Gasteiger partial charge in [0.05, 0.1) is 18.1 Å². The minimum absolute atomic E-state index is 0. The number of guanidine groups is 1. The van der Waals surface area contributed by atoms with Crippen LogP contribution in [0.1, 0.15) is 28.8 Å². The van der Waals surface area contributed by atoms with Crippen LogP contribution < -0.4 is 10.6 Å². The average molecular weight is 564 g/mol. The molecule has 168 valence electrons. The molecule has 0 aliphatic carbocycles. The molecule has 6 nitrogen and oxygen atoms in total. The number of halogens is 4. The van der Waals surface area contributed by atoms with Crippen LogP contribution in [0.25, 0.3) is 0 Å². The van der Waals surface area contributed by atoms with Gasteiger partial charge in [0, 0.05) is 37.3 Å². The minimum Gasteiger partial charge on any atom is -0.357 e. The van der Waals surface area contributed by atoms with Gasteiger partial charge in [-0.05, 0) is 24.1 Å². The Labute approximate surface area is 200 Å². The highest BCUT2D eigenvalue weighted by Gasteiger charge is 2.33. The van der Waals surface area contributed by atoms with E-state index in [4.69, 9.17) is 0 Å². The molecule has 31 heavy (non-hydrogen) atoms. The van der Waals surface area contributed by atoms with Crippen molar-refractivity contribution in [3.05, 3.63) is 69.9 Å². The Kier molecular flexibility index (Phi) is 9.75. The van der Waals surface area contributed by atoms with E-state index in [0.29, 0.717) is 43.6 Å². The molecule has 1 aromatic carbocycles. The number of aromatic nitrogens is 3. The maximum Gasteiger partial charge on any atom is 0.434 e. The lowest BCUT2D eigenvalue weighted by atomic mass is 10.1. The van der Waals surface area contributed by atoms with Crippen LogP contribution in [0.2, 0.25) is 0 Å². The van der Waals surface area contributed by atoms with Crippen molar-refractivity contribution in [2.75, 3.05) is 13.1 Å². The van der Waals surface area contributed by atoms with Crippen molar-refractivity contribution in [3.63, 3.8) is 0 Å². The Balaban J connectivity index is 0.00000341. The van der Waals surface area contributed by atoms with Gasteiger partial charge in [0.25, 0.3) is 0 Å². The predicted molar refractivity (Wildman–Crippen MR) is 127 cm³/mol. The molecular formula is C20H24F3IN6S. The number of nitrogens with zero attached hydrogens (tertiary/aromatic N) is 4. The van der Waals surface area contributed by atoms with Crippen LogP contribution in [0, 0.1) is 0 Å². The predicted octanol–water partition coefficient (Wildman–Crippen LogP) is 4.32. The third-order valence-corrected chi connectivity index (χ3v) is 5.14. The van der Waals surface area contributed by atoms with Gasteiger partial charge in [-0.25, -0.2) is 9.98 Å². The first-order valence-electron chi connectivity index (χ1n) is 9.53. The number of rotatable bonds is 8. The SMILES string of the molecule is CCNC(=NCc1ccccc1Cn1cccn1)NCCc1nc(C(F)(F)F)cs1.I. The number of aliphatic imine (C=N–C) groups is 1. The smallest absolute Gasteiger partial charge is 0.357 e. The fourth-order valence-corrected chi connectivity index (χ4v) is 3.59. The first-order valence-corrected chi connectivity index (χ1v) is 10.4.